The van der Waals surface area contributed by atoms with E-state index in [1.807, 2.05) is 18.5 Å². The largest absolute Gasteiger partial charge is 0.479 e. The van der Waals surface area contributed by atoms with Crippen molar-refractivity contribution in [1.29, 1.82) is 0 Å². The molecule has 1 unspecified atom stereocenters. The van der Waals surface area contributed by atoms with Gasteiger partial charge in [0.25, 0.3) is 0 Å². The van der Waals surface area contributed by atoms with Gasteiger partial charge in [0.2, 0.25) is 0 Å². The Hall–Kier alpha value is -0.880. The van der Waals surface area contributed by atoms with Crippen molar-refractivity contribution in [3.63, 3.8) is 0 Å². The van der Waals surface area contributed by atoms with E-state index in [4.69, 9.17) is 9.84 Å². The standard InChI is InChI=1S/C11H17BrN2O3/c1-4-8-10(12)9(14(5-2)13-8)6-17-7(3)11(15)16/h7H,4-6H2,1-3H3,(H,15,16). The molecule has 1 rings (SSSR count). The summed E-state index contributed by atoms with van der Waals surface area (Å²) in [6.45, 7) is 6.51. The maximum Gasteiger partial charge on any atom is 0.332 e. The lowest BCUT2D eigenvalue weighted by atomic mass is 10.3. The van der Waals surface area contributed by atoms with Crippen molar-refractivity contribution in [2.24, 2.45) is 0 Å². The number of halogens is 1. The molecule has 17 heavy (non-hydrogen) atoms. The Labute approximate surface area is 109 Å². The molecule has 96 valence electrons. The second-order valence-electron chi connectivity index (χ2n) is 3.67. The number of rotatable bonds is 6. The third kappa shape index (κ3) is 3.29. The summed E-state index contributed by atoms with van der Waals surface area (Å²) in [7, 11) is 0. The third-order valence-corrected chi connectivity index (χ3v) is 3.43. The SMILES string of the molecule is CCc1nn(CC)c(COC(C)C(=O)O)c1Br. The number of carboxylic acids is 1. The molecule has 6 heteroatoms. The van der Waals surface area contributed by atoms with Crippen LogP contribution in [0.2, 0.25) is 0 Å². The smallest absolute Gasteiger partial charge is 0.332 e. The topological polar surface area (TPSA) is 64.4 Å². The molecule has 1 N–H and O–H groups in total. The molecule has 0 aliphatic heterocycles. The summed E-state index contributed by atoms with van der Waals surface area (Å²) in [4.78, 5) is 10.7. The molecule has 1 atom stereocenters. The Morgan fingerprint density at radius 3 is 2.71 bits per heavy atom. The van der Waals surface area contributed by atoms with Crippen molar-refractivity contribution in [3.8, 4) is 0 Å². The van der Waals surface area contributed by atoms with E-state index >= 15 is 0 Å². The zero-order chi connectivity index (χ0) is 13.0. The van der Waals surface area contributed by atoms with Gasteiger partial charge in [-0.1, -0.05) is 6.92 Å². The van der Waals surface area contributed by atoms with Gasteiger partial charge < -0.3 is 9.84 Å². The lowest BCUT2D eigenvalue weighted by Crippen LogP contribution is -2.20. The highest BCUT2D eigenvalue weighted by atomic mass is 79.9. The molecule has 0 spiro atoms. The molecule has 0 aromatic carbocycles. The van der Waals surface area contributed by atoms with Crippen LogP contribution in [0.1, 0.15) is 32.2 Å². The minimum atomic E-state index is -0.959. The molecule has 0 bridgehead atoms. The van der Waals surface area contributed by atoms with Crippen LogP contribution in [0, 0.1) is 0 Å². The zero-order valence-corrected chi connectivity index (χ0v) is 11.8. The van der Waals surface area contributed by atoms with Crippen LogP contribution in [0.5, 0.6) is 0 Å². The summed E-state index contributed by atoms with van der Waals surface area (Å²) in [5, 5.41) is 13.2. The minimum Gasteiger partial charge on any atom is -0.479 e. The van der Waals surface area contributed by atoms with Crippen molar-refractivity contribution >= 4 is 21.9 Å². The second kappa shape index (κ2) is 6.16. The predicted octanol–water partition coefficient (Wildman–Crippen LogP) is 2.22. The molecule has 1 heterocycles. The number of aromatic nitrogens is 2. The maximum atomic E-state index is 10.7. The Bertz CT molecular complexity index is 404. The molecule has 1 aromatic rings. The first-order valence-corrected chi connectivity index (χ1v) is 6.38. The molecule has 0 aliphatic carbocycles. The number of hydrogen-bond donors (Lipinski definition) is 1. The van der Waals surface area contributed by atoms with E-state index in [0.29, 0.717) is 0 Å². The van der Waals surface area contributed by atoms with Gasteiger partial charge in [-0.25, -0.2) is 4.79 Å². The van der Waals surface area contributed by atoms with Crippen LogP contribution in [0.3, 0.4) is 0 Å². The quantitative estimate of drug-likeness (QED) is 0.875. The first-order valence-electron chi connectivity index (χ1n) is 5.59. The third-order valence-electron chi connectivity index (χ3n) is 2.51. The van der Waals surface area contributed by atoms with Crippen LogP contribution in [-0.2, 0) is 29.1 Å². The number of carbonyl (C=O) groups is 1. The molecule has 0 amide bonds. The lowest BCUT2D eigenvalue weighted by Gasteiger charge is -2.09. The van der Waals surface area contributed by atoms with Gasteiger partial charge in [-0.15, -0.1) is 0 Å². The molecule has 0 fully saturated rings. The van der Waals surface area contributed by atoms with Crippen molar-refractivity contribution in [2.75, 3.05) is 0 Å². The van der Waals surface area contributed by atoms with Gasteiger partial charge in [0.1, 0.15) is 0 Å². The van der Waals surface area contributed by atoms with E-state index in [1.165, 1.54) is 6.92 Å². The maximum absolute atomic E-state index is 10.7. The van der Waals surface area contributed by atoms with Crippen LogP contribution in [0.4, 0.5) is 0 Å². The van der Waals surface area contributed by atoms with E-state index in [-0.39, 0.29) is 6.61 Å². The van der Waals surface area contributed by atoms with Crippen molar-refractivity contribution < 1.29 is 14.6 Å². The monoisotopic (exact) mass is 304 g/mol. The van der Waals surface area contributed by atoms with Crippen molar-refractivity contribution in [2.45, 2.75) is 46.4 Å². The number of carboxylic acid groups (broad SMARTS) is 1. The number of ether oxygens (including phenoxy) is 1. The number of hydrogen-bond acceptors (Lipinski definition) is 3. The highest BCUT2D eigenvalue weighted by molar-refractivity contribution is 9.10. The van der Waals surface area contributed by atoms with Gasteiger partial charge in [-0.05, 0) is 36.2 Å². The van der Waals surface area contributed by atoms with E-state index in [9.17, 15) is 4.79 Å². The van der Waals surface area contributed by atoms with Crippen LogP contribution in [-0.4, -0.2) is 27.0 Å². The van der Waals surface area contributed by atoms with Crippen LogP contribution >= 0.6 is 15.9 Å². The van der Waals surface area contributed by atoms with E-state index < -0.39 is 12.1 Å². The zero-order valence-electron chi connectivity index (χ0n) is 10.2. The number of aryl methyl sites for hydroxylation is 2. The summed E-state index contributed by atoms with van der Waals surface area (Å²) in [5.41, 5.74) is 1.85. The summed E-state index contributed by atoms with van der Waals surface area (Å²) in [5.74, 6) is -0.959. The summed E-state index contributed by atoms with van der Waals surface area (Å²) in [6, 6.07) is 0. The van der Waals surface area contributed by atoms with E-state index in [2.05, 4.69) is 21.0 Å². The van der Waals surface area contributed by atoms with Gasteiger partial charge in [-0.3, -0.25) is 4.68 Å². The molecule has 0 aliphatic rings. The Morgan fingerprint density at radius 2 is 2.24 bits per heavy atom. The van der Waals surface area contributed by atoms with Crippen LogP contribution in [0.15, 0.2) is 4.47 Å². The fourth-order valence-electron chi connectivity index (χ4n) is 1.43. The number of aliphatic carboxylic acids is 1. The van der Waals surface area contributed by atoms with Gasteiger partial charge >= 0.3 is 5.97 Å². The summed E-state index contributed by atoms with van der Waals surface area (Å²) in [6.07, 6.45) is 0.0156. The first-order chi connectivity index (χ1) is 8.01. The molecular formula is C11H17BrN2O3. The Balaban J connectivity index is 2.82. The highest BCUT2D eigenvalue weighted by Gasteiger charge is 2.17. The van der Waals surface area contributed by atoms with Gasteiger partial charge in [0.05, 0.1) is 22.5 Å². The molecule has 1 aromatic heterocycles. The second-order valence-corrected chi connectivity index (χ2v) is 4.46. The highest BCUT2D eigenvalue weighted by Crippen LogP contribution is 2.23. The van der Waals surface area contributed by atoms with E-state index in [1.54, 1.807) is 0 Å². The Kier molecular flexibility index (Phi) is 5.14. The molecule has 0 saturated carbocycles. The van der Waals surface area contributed by atoms with Gasteiger partial charge in [0.15, 0.2) is 6.10 Å². The fraction of sp³-hybridized carbons (Fsp3) is 0.636. The molecule has 0 saturated heterocycles. The minimum absolute atomic E-state index is 0.245. The van der Waals surface area contributed by atoms with Crippen LogP contribution < -0.4 is 0 Å². The lowest BCUT2D eigenvalue weighted by molar-refractivity contribution is -0.150. The van der Waals surface area contributed by atoms with Crippen molar-refractivity contribution in [1.82, 2.24) is 9.78 Å². The normalized spacial score (nSPS) is 12.7. The molecule has 0 radical (unpaired) electrons. The first kappa shape index (κ1) is 14.2. The summed E-state index contributed by atoms with van der Waals surface area (Å²) < 4.78 is 8.03. The number of nitrogens with zero attached hydrogens (tertiary/aromatic N) is 2. The van der Waals surface area contributed by atoms with Gasteiger partial charge in [0, 0.05) is 6.54 Å². The molecule has 5 nitrogen and oxygen atoms in total. The molecular weight excluding hydrogens is 288 g/mol. The fourth-order valence-corrected chi connectivity index (χ4v) is 2.11. The Morgan fingerprint density at radius 1 is 1.59 bits per heavy atom. The van der Waals surface area contributed by atoms with Crippen molar-refractivity contribution in [3.05, 3.63) is 15.9 Å². The predicted molar refractivity (Wildman–Crippen MR) is 66.9 cm³/mol. The summed E-state index contributed by atoms with van der Waals surface area (Å²) >= 11 is 3.48. The average Bonchev–Trinajstić information content (AvgIpc) is 2.62. The van der Waals surface area contributed by atoms with E-state index in [0.717, 1.165) is 28.8 Å². The van der Waals surface area contributed by atoms with Gasteiger partial charge in [-0.2, -0.15) is 5.10 Å². The average molecular weight is 305 g/mol. The van der Waals surface area contributed by atoms with Crippen LogP contribution in [0.25, 0.3) is 0 Å².